The SMILES string of the molecule is CN(C)CCCC1(CN)CCCOc2cc(F)ccc21. The fourth-order valence-electron chi connectivity index (χ4n) is 3.09. The molecule has 0 aliphatic carbocycles. The van der Waals surface area contributed by atoms with Crippen LogP contribution in [0.5, 0.6) is 5.75 Å². The van der Waals surface area contributed by atoms with Crippen molar-refractivity contribution < 1.29 is 9.13 Å². The smallest absolute Gasteiger partial charge is 0.126 e. The van der Waals surface area contributed by atoms with Gasteiger partial charge in [-0.2, -0.15) is 0 Å². The highest BCUT2D eigenvalue weighted by Gasteiger charge is 2.34. The summed E-state index contributed by atoms with van der Waals surface area (Å²) in [6.07, 6.45) is 4.08. The summed E-state index contributed by atoms with van der Waals surface area (Å²) in [6.45, 7) is 2.27. The van der Waals surface area contributed by atoms with Crippen molar-refractivity contribution >= 4 is 0 Å². The van der Waals surface area contributed by atoms with E-state index in [2.05, 4.69) is 19.0 Å². The average molecular weight is 280 g/mol. The summed E-state index contributed by atoms with van der Waals surface area (Å²) in [4.78, 5) is 2.18. The molecular weight excluding hydrogens is 255 g/mol. The average Bonchev–Trinajstić information content (AvgIpc) is 2.58. The number of hydrogen-bond donors (Lipinski definition) is 1. The summed E-state index contributed by atoms with van der Waals surface area (Å²) in [5, 5.41) is 0. The lowest BCUT2D eigenvalue weighted by Crippen LogP contribution is -2.35. The van der Waals surface area contributed by atoms with Crippen LogP contribution >= 0.6 is 0 Å². The third-order valence-electron chi connectivity index (χ3n) is 4.22. The van der Waals surface area contributed by atoms with Crippen LogP contribution in [-0.2, 0) is 5.41 Å². The van der Waals surface area contributed by atoms with Crippen LogP contribution in [0, 0.1) is 5.82 Å². The predicted molar refractivity (Wildman–Crippen MR) is 79.6 cm³/mol. The molecule has 4 heteroatoms. The molecule has 1 unspecified atom stereocenters. The molecule has 0 saturated heterocycles. The number of hydrogen-bond acceptors (Lipinski definition) is 3. The van der Waals surface area contributed by atoms with Gasteiger partial charge in [0.05, 0.1) is 6.61 Å². The van der Waals surface area contributed by atoms with Crippen molar-refractivity contribution in [3.05, 3.63) is 29.6 Å². The van der Waals surface area contributed by atoms with Crippen molar-refractivity contribution in [1.29, 1.82) is 0 Å². The molecule has 1 aromatic carbocycles. The Morgan fingerprint density at radius 2 is 2.20 bits per heavy atom. The number of fused-ring (bicyclic) bond motifs is 1. The highest BCUT2D eigenvalue weighted by molar-refractivity contribution is 5.41. The molecule has 0 saturated carbocycles. The number of benzene rings is 1. The van der Waals surface area contributed by atoms with Crippen LogP contribution in [-0.4, -0.2) is 38.7 Å². The maximum atomic E-state index is 13.4. The first kappa shape index (κ1) is 15.3. The summed E-state index contributed by atoms with van der Waals surface area (Å²) in [5.41, 5.74) is 7.12. The second-order valence-electron chi connectivity index (χ2n) is 5.98. The van der Waals surface area contributed by atoms with Gasteiger partial charge in [0.1, 0.15) is 11.6 Å². The molecule has 112 valence electrons. The standard InChI is InChI=1S/C16H25FN2O/c1-19(2)9-3-7-16(12-18)8-4-10-20-15-11-13(17)5-6-14(15)16/h5-6,11H,3-4,7-10,12,18H2,1-2H3. The molecule has 0 bridgehead atoms. The molecule has 1 aromatic rings. The van der Waals surface area contributed by atoms with Crippen molar-refractivity contribution in [3.63, 3.8) is 0 Å². The second kappa shape index (κ2) is 6.55. The minimum absolute atomic E-state index is 0.0739. The zero-order valence-corrected chi connectivity index (χ0v) is 12.5. The summed E-state index contributed by atoms with van der Waals surface area (Å²) in [7, 11) is 4.16. The minimum Gasteiger partial charge on any atom is -0.493 e. The number of nitrogens with two attached hydrogens (primary N) is 1. The zero-order chi connectivity index (χ0) is 14.6. The Hall–Kier alpha value is -1.13. The van der Waals surface area contributed by atoms with Gasteiger partial charge in [-0.1, -0.05) is 6.07 Å². The third-order valence-corrected chi connectivity index (χ3v) is 4.22. The third kappa shape index (κ3) is 3.30. The highest BCUT2D eigenvalue weighted by atomic mass is 19.1. The van der Waals surface area contributed by atoms with E-state index in [0.29, 0.717) is 18.9 Å². The molecule has 3 nitrogen and oxygen atoms in total. The van der Waals surface area contributed by atoms with Crippen LogP contribution in [0.4, 0.5) is 4.39 Å². The van der Waals surface area contributed by atoms with Crippen LogP contribution in [0.1, 0.15) is 31.2 Å². The summed E-state index contributed by atoms with van der Waals surface area (Å²) >= 11 is 0. The van der Waals surface area contributed by atoms with Gasteiger partial charge in [0.25, 0.3) is 0 Å². The van der Waals surface area contributed by atoms with Crippen LogP contribution in [0.25, 0.3) is 0 Å². The Bertz CT molecular complexity index is 450. The van der Waals surface area contributed by atoms with Gasteiger partial charge in [-0.3, -0.25) is 0 Å². The molecule has 1 aliphatic rings. The van der Waals surface area contributed by atoms with Gasteiger partial charge in [0.15, 0.2) is 0 Å². The van der Waals surface area contributed by atoms with Gasteiger partial charge < -0.3 is 15.4 Å². The predicted octanol–water partition coefficient (Wildman–Crippen LogP) is 2.54. The maximum Gasteiger partial charge on any atom is 0.126 e. The fraction of sp³-hybridized carbons (Fsp3) is 0.625. The van der Waals surface area contributed by atoms with Gasteiger partial charge in [-0.15, -0.1) is 0 Å². The fourth-order valence-corrected chi connectivity index (χ4v) is 3.09. The monoisotopic (exact) mass is 280 g/mol. The molecule has 0 radical (unpaired) electrons. The molecule has 0 aromatic heterocycles. The van der Waals surface area contributed by atoms with E-state index in [1.807, 2.05) is 6.07 Å². The summed E-state index contributed by atoms with van der Waals surface area (Å²) in [6, 6.07) is 4.87. The van der Waals surface area contributed by atoms with Crippen molar-refractivity contribution in [2.24, 2.45) is 5.73 Å². The largest absolute Gasteiger partial charge is 0.493 e. The molecule has 1 atom stereocenters. The Balaban J connectivity index is 2.27. The van der Waals surface area contributed by atoms with Gasteiger partial charge >= 0.3 is 0 Å². The van der Waals surface area contributed by atoms with E-state index in [1.165, 1.54) is 12.1 Å². The molecule has 1 heterocycles. The van der Waals surface area contributed by atoms with Crippen LogP contribution < -0.4 is 10.5 Å². The lowest BCUT2D eigenvalue weighted by Gasteiger charge is -2.33. The Morgan fingerprint density at radius 1 is 1.40 bits per heavy atom. The van der Waals surface area contributed by atoms with E-state index >= 15 is 0 Å². The van der Waals surface area contributed by atoms with E-state index in [4.69, 9.17) is 10.5 Å². The van der Waals surface area contributed by atoms with Crippen molar-refractivity contribution in [1.82, 2.24) is 4.90 Å². The molecule has 2 rings (SSSR count). The first-order valence-electron chi connectivity index (χ1n) is 7.35. The van der Waals surface area contributed by atoms with Crippen LogP contribution in [0.15, 0.2) is 18.2 Å². The van der Waals surface area contributed by atoms with E-state index in [-0.39, 0.29) is 11.2 Å². The Labute approximate surface area is 120 Å². The minimum atomic E-state index is -0.245. The first-order valence-corrected chi connectivity index (χ1v) is 7.35. The molecule has 1 aliphatic heterocycles. The van der Waals surface area contributed by atoms with Crippen LogP contribution in [0.2, 0.25) is 0 Å². The molecule has 0 fully saturated rings. The molecule has 2 N–H and O–H groups in total. The Kier molecular flexibility index (Phi) is 5.00. The van der Waals surface area contributed by atoms with Gasteiger partial charge in [0, 0.05) is 23.6 Å². The van der Waals surface area contributed by atoms with E-state index in [9.17, 15) is 4.39 Å². The number of nitrogens with zero attached hydrogens (tertiary/aromatic N) is 1. The van der Waals surface area contributed by atoms with Crippen molar-refractivity contribution in [2.75, 3.05) is 33.8 Å². The normalized spacial score (nSPS) is 22.2. The lowest BCUT2D eigenvalue weighted by molar-refractivity contribution is 0.300. The lowest BCUT2D eigenvalue weighted by atomic mass is 9.73. The molecule has 20 heavy (non-hydrogen) atoms. The summed E-state index contributed by atoms with van der Waals surface area (Å²) < 4.78 is 19.1. The van der Waals surface area contributed by atoms with Crippen LogP contribution in [0.3, 0.4) is 0 Å². The number of rotatable bonds is 5. The van der Waals surface area contributed by atoms with Crippen molar-refractivity contribution in [3.8, 4) is 5.75 Å². The highest BCUT2D eigenvalue weighted by Crippen LogP contribution is 2.41. The van der Waals surface area contributed by atoms with Gasteiger partial charge in [0.2, 0.25) is 0 Å². The first-order chi connectivity index (χ1) is 9.57. The second-order valence-corrected chi connectivity index (χ2v) is 5.98. The molecular formula is C16H25FN2O. The van der Waals surface area contributed by atoms with E-state index in [1.54, 1.807) is 0 Å². The number of halogens is 1. The van der Waals surface area contributed by atoms with Crippen molar-refractivity contribution in [2.45, 2.75) is 31.1 Å². The molecule has 0 amide bonds. The summed E-state index contributed by atoms with van der Waals surface area (Å²) in [5.74, 6) is 0.433. The molecule has 0 spiro atoms. The topological polar surface area (TPSA) is 38.5 Å². The van der Waals surface area contributed by atoms with Gasteiger partial charge in [-0.05, 0) is 52.4 Å². The number of ether oxygens (including phenoxy) is 1. The quantitative estimate of drug-likeness (QED) is 0.901. The zero-order valence-electron chi connectivity index (χ0n) is 12.5. The van der Waals surface area contributed by atoms with E-state index in [0.717, 1.165) is 37.8 Å². The van der Waals surface area contributed by atoms with E-state index < -0.39 is 0 Å². The Morgan fingerprint density at radius 3 is 2.90 bits per heavy atom. The maximum absolute atomic E-state index is 13.4. The van der Waals surface area contributed by atoms with Gasteiger partial charge in [-0.25, -0.2) is 4.39 Å².